The molecule has 2 aromatic heterocycles. The van der Waals surface area contributed by atoms with Crippen LogP contribution in [0.1, 0.15) is 166 Å². The first-order valence-corrected chi connectivity index (χ1v) is 19.7. The Kier molecular flexibility index (Phi) is 24.2. The van der Waals surface area contributed by atoms with Crippen molar-refractivity contribution in [3.8, 4) is 0 Å². The Hall–Kier alpha value is -0.900. The second kappa shape index (κ2) is 26.8. The van der Waals surface area contributed by atoms with Crippen LogP contribution in [0.15, 0.2) is 49.1 Å². The van der Waals surface area contributed by atoms with Crippen LogP contribution in [-0.4, -0.2) is 26.4 Å². The van der Waals surface area contributed by atoms with Gasteiger partial charge in [0.15, 0.2) is 37.4 Å². The van der Waals surface area contributed by atoms with Crippen LogP contribution in [0.3, 0.4) is 0 Å². The van der Waals surface area contributed by atoms with Gasteiger partial charge in [0, 0.05) is 36.6 Å². The minimum atomic E-state index is -0.335. The molecule has 8 heteroatoms. The van der Waals surface area contributed by atoms with E-state index in [1.54, 1.807) is 0 Å². The average Bonchev–Trinajstić information content (AvgIpc) is 3.11. The lowest BCUT2D eigenvalue weighted by atomic mass is 9.90. The zero-order valence-corrected chi connectivity index (χ0v) is 34.1. The predicted molar refractivity (Wildman–Crippen MR) is 189 cm³/mol. The highest BCUT2D eigenvalue weighted by Crippen LogP contribution is 2.37. The van der Waals surface area contributed by atoms with E-state index in [-0.39, 0.29) is 52.0 Å². The van der Waals surface area contributed by atoms with E-state index in [0.29, 0.717) is 26.4 Å². The van der Waals surface area contributed by atoms with Crippen molar-refractivity contribution in [3.63, 3.8) is 0 Å². The molecule has 49 heavy (non-hydrogen) atoms. The van der Waals surface area contributed by atoms with Gasteiger partial charge in [-0.25, -0.2) is 9.13 Å². The third-order valence-corrected chi connectivity index (χ3v) is 10.0. The number of hydrogen-bond acceptors (Lipinski definition) is 4. The Labute approximate surface area is 320 Å². The molecule has 0 N–H and O–H groups in total. The summed E-state index contributed by atoms with van der Waals surface area (Å²) in [5.41, 5.74) is 1.91. The van der Waals surface area contributed by atoms with Gasteiger partial charge in [0.2, 0.25) is 0 Å². The molecular weight excluding hydrogens is 744 g/mol. The van der Waals surface area contributed by atoms with Crippen molar-refractivity contribution >= 4 is 0 Å². The summed E-state index contributed by atoms with van der Waals surface area (Å²) in [4.78, 5) is 0. The Balaban J connectivity index is 0.00000417. The monoisotopic (exact) mass is 810 g/mol. The van der Waals surface area contributed by atoms with E-state index < -0.39 is 0 Å². The first-order chi connectivity index (χ1) is 23.2. The number of unbranched alkanes of at least 4 members (excludes halogenated alkanes) is 18. The maximum Gasteiger partial charge on any atom is 0.189 e. The minimum absolute atomic E-state index is 0. The molecule has 0 amide bonds. The fraction of sp³-hybridized carbons (Fsp3) is 0.756. The second-order valence-electron chi connectivity index (χ2n) is 14.5. The largest absolute Gasteiger partial charge is 1.00 e. The fourth-order valence-electron chi connectivity index (χ4n) is 6.90. The first-order valence-electron chi connectivity index (χ1n) is 19.7. The SMILES string of the molecule is CCCCCCCCCCCC[n+]1ccc(C2OCC3(CO2)COC(c2ccc[n+](CCCCCCCCCCCC)c2)OC3)cc1.[Br-].[Br-]. The number of hydrogen-bond donors (Lipinski definition) is 0. The molecular formula is C41H68Br2N2O4. The van der Waals surface area contributed by atoms with Crippen molar-refractivity contribution in [1.82, 2.24) is 0 Å². The van der Waals surface area contributed by atoms with Crippen molar-refractivity contribution in [2.75, 3.05) is 26.4 Å². The van der Waals surface area contributed by atoms with E-state index in [4.69, 9.17) is 18.9 Å². The lowest BCUT2D eigenvalue weighted by Crippen LogP contribution is -3.00. The standard InChI is InChI=1S/C41H68N2O4.2BrH/c1-3-5-7-9-11-13-15-17-19-21-27-42-30-25-37(26-31-42)39-44-33-41(34-45-39)35-46-40(47-36-41)38-24-23-29-43(32-38)28-22-20-18-16-14-12-10-8-6-4-2;;/h23-26,29-32,39-40H,3-22,27-28,33-36H2,1-2H3;2*1H/q+2;;/p-2. The highest BCUT2D eigenvalue weighted by atomic mass is 79.9. The Morgan fingerprint density at radius 2 is 0.878 bits per heavy atom. The van der Waals surface area contributed by atoms with Crippen LogP contribution >= 0.6 is 0 Å². The third kappa shape index (κ3) is 17.0. The van der Waals surface area contributed by atoms with Gasteiger partial charge in [0.05, 0.1) is 37.4 Å². The van der Waals surface area contributed by atoms with Crippen molar-refractivity contribution < 1.29 is 62.0 Å². The zero-order chi connectivity index (χ0) is 32.8. The topological polar surface area (TPSA) is 44.7 Å². The smallest absolute Gasteiger partial charge is 0.189 e. The fourth-order valence-corrected chi connectivity index (χ4v) is 6.90. The highest BCUT2D eigenvalue weighted by molar-refractivity contribution is 5.11. The molecule has 4 heterocycles. The van der Waals surface area contributed by atoms with Gasteiger partial charge >= 0.3 is 0 Å². The Morgan fingerprint density at radius 3 is 1.33 bits per heavy atom. The molecule has 0 radical (unpaired) electrons. The maximum atomic E-state index is 6.26. The summed E-state index contributed by atoms with van der Waals surface area (Å²) in [5.74, 6) is 0. The van der Waals surface area contributed by atoms with E-state index in [9.17, 15) is 0 Å². The third-order valence-electron chi connectivity index (χ3n) is 10.0. The lowest BCUT2D eigenvalue weighted by molar-refractivity contribution is -0.698. The molecule has 2 saturated heterocycles. The maximum absolute atomic E-state index is 6.26. The zero-order valence-electron chi connectivity index (χ0n) is 30.9. The lowest BCUT2D eigenvalue weighted by Gasteiger charge is -2.43. The predicted octanol–water partition coefficient (Wildman–Crippen LogP) is 3.89. The number of halogens is 2. The molecule has 0 aliphatic carbocycles. The van der Waals surface area contributed by atoms with Crippen molar-refractivity contribution in [1.29, 1.82) is 0 Å². The summed E-state index contributed by atoms with van der Waals surface area (Å²) in [6.07, 6.45) is 35.3. The van der Waals surface area contributed by atoms with Crippen molar-refractivity contribution in [3.05, 3.63) is 60.2 Å². The quantitative estimate of drug-likeness (QED) is 0.119. The van der Waals surface area contributed by atoms with E-state index in [0.717, 1.165) is 24.2 Å². The van der Waals surface area contributed by atoms with Gasteiger partial charge in [-0.15, -0.1) is 0 Å². The van der Waals surface area contributed by atoms with Crippen LogP contribution in [0.2, 0.25) is 0 Å². The van der Waals surface area contributed by atoms with Crippen LogP contribution in [0.4, 0.5) is 0 Å². The molecule has 2 aliphatic rings. The highest BCUT2D eigenvalue weighted by Gasteiger charge is 2.43. The Bertz CT molecular complexity index is 1070. The Morgan fingerprint density at radius 1 is 0.490 bits per heavy atom. The molecule has 6 nitrogen and oxygen atoms in total. The molecule has 4 rings (SSSR count). The summed E-state index contributed by atoms with van der Waals surface area (Å²) in [6, 6.07) is 8.51. The van der Waals surface area contributed by atoms with Gasteiger partial charge in [-0.3, -0.25) is 0 Å². The van der Waals surface area contributed by atoms with Crippen LogP contribution in [0.5, 0.6) is 0 Å². The second-order valence-corrected chi connectivity index (χ2v) is 14.5. The van der Waals surface area contributed by atoms with Crippen LogP contribution in [0.25, 0.3) is 0 Å². The normalized spacial score (nSPS) is 20.5. The molecule has 2 aliphatic heterocycles. The molecule has 0 aromatic carbocycles. The van der Waals surface area contributed by atoms with Gasteiger partial charge in [0.25, 0.3) is 0 Å². The minimum Gasteiger partial charge on any atom is -1.00 e. The van der Waals surface area contributed by atoms with Crippen LogP contribution in [0, 0.1) is 5.41 Å². The van der Waals surface area contributed by atoms with Gasteiger partial charge in [-0.05, 0) is 18.9 Å². The van der Waals surface area contributed by atoms with Crippen molar-refractivity contribution in [2.45, 2.75) is 168 Å². The van der Waals surface area contributed by atoms with Gasteiger partial charge in [0.1, 0.15) is 13.1 Å². The summed E-state index contributed by atoms with van der Waals surface area (Å²) >= 11 is 0. The molecule has 2 fully saturated rings. The van der Waals surface area contributed by atoms with Gasteiger partial charge in [-0.2, -0.15) is 0 Å². The molecule has 280 valence electrons. The summed E-state index contributed by atoms with van der Waals surface area (Å²) in [7, 11) is 0. The number of rotatable bonds is 24. The number of aromatic nitrogens is 2. The van der Waals surface area contributed by atoms with E-state index >= 15 is 0 Å². The van der Waals surface area contributed by atoms with Gasteiger partial charge in [-0.1, -0.05) is 117 Å². The van der Waals surface area contributed by atoms with Crippen LogP contribution < -0.4 is 43.1 Å². The number of pyridine rings is 2. The van der Waals surface area contributed by atoms with Gasteiger partial charge < -0.3 is 52.9 Å². The number of nitrogens with zero attached hydrogens (tertiary/aromatic N) is 2. The van der Waals surface area contributed by atoms with Crippen molar-refractivity contribution in [2.24, 2.45) is 5.41 Å². The molecule has 1 spiro atoms. The molecule has 2 aromatic rings. The van der Waals surface area contributed by atoms with E-state index in [1.807, 2.05) is 0 Å². The number of ether oxygens (including phenoxy) is 4. The van der Waals surface area contributed by atoms with E-state index in [1.165, 1.54) is 128 Å². The molecule has 0 saturated carbocycles. The molecule has 0 bridgehead atoms. The summed E-state index contributed by atoms with van der Waals surface area (Å²) in [5, 5.41) is 0. The average molecular weight is 813 g/mol. The van der Waals surface area contributed by atoms with Crippen LogP contribution in [-0.2, 0) is 32.0 Å². The molecule has 0 unspecified atom stereocenters. The molecule has 0 atom stereocenters. The number of aryl methyl sites for hydroxylation is 2. The van der Waals surface area contributed by atoms with E-state index in [2.05, 4.69) is 72.0 Å². The summed E-state index contributed by atoms with van der Waals surface area (Å²) < 4.78 is 29.6. The first kappa shape index (κ1) is 44.3. The summed E-state index contributed by atoms with van der Waals surface area (Å²) in [6.45, 7) is 8.99.